The molecule has 5 nitrogen and oxygen atoms in total. The number of thioether (sulfide) groups is 1. The maximum atomic E-state index is 12.9. The van der Waals surface area contributed by atoms with Crippen LogP contribution in [0.1, 0.15) is 37.5 Å². The van der Waals surface area contributed by atoms with Crippen molar-refractivity contribution in [1.82, 2.24) is 0 Å². The average Bonchev–Trinajstić information content (AvgIpc) is 2.58. The van der Waals surface area contributed by atoms with Gasteiger partial charge in [0.2, 0.25) is 5.91 Å². The van der Waals surface area contributed by atoms with Crippen molar-refractivity contribution in [2.24, 2.45) is 5.92 Å². The number of benzene rings is 1. The molecular formula is C19H27NO4S. The second-order valence-electron chi connectivity index (χ2n) is 6.40. The van der Waals surface area contributed by atoms with Gasteiger partial charge in [0.15, 0.2) is 5.12 Å². The number of aryl methyl sites for hydroxylation is 2. The Kier molecular flexibility index (Phi) is 7.67. The number of carbonyl (C=O) groups excluding carboxylic acids is 3. The average molecular weight is 365 g/mol. The molecule has 25 heavy (non-hydrogen) atoms. The van der Waals surface area contributed by atoms with Gasteiger partial charge in [-0.25, -0.2) is 4.79 Å². The maximum absolute atomic E-state index is 12.9. The van der Waals surface area contributed by atoms with Crippen molar-refractivity contribution < 1.29 is 19.1 Å². The molecule has 138 valence electrons. The number of methoxy groups -OCH3 is 1. The highest BCUT2D eigenvalue weighted by Gasteiger charge is 2.31. The minimum Gasteiger partial charge on any atom is -0.467 e. The van der Waals surface area contributed by atoms with Crippen LogP contribution in [0.2, 0.25) is 0 Å². The number of nitrogens with zero attached hydrogens (tertiary/aromatic N) is 1. The van der Waals surface area contributed by atoms with Gasteiger partial charge < -0.3 is 4.74 Å². The van der Waals surface area contributed by atoms with Crippen LogP contribution in [0, 0.1) is 26.7 Å². The Hall–Kier alpha value is -1.82. The van der Waals surface area contributed by atoms with Crippen LogP contribution >= 0.6 is 11.8 Å². The Morgan fingerprint density at radius 3 is 2.16 bits per heavy atom. The first kappa shape index (κ1) is 21.2. The summed E-state index contributed by atoms with van der Waals surface area (Å²) in [5.41, 5.74) is 3.57. The molecule has 6 heteroatoms. The number of esters is 1. The number of ether oxygens (including phenoxy) is 1. The van der Waals surface area contributed by atoms with Gasteiger partial charge in [-0.2, -0.15) is 0 Å². The molecule has 0 aliphatic heterocycles. The zero-order valence-corrected chi connectivity index (χ0v) is 16.8. The van der Waals surface area contributed by atoms with Crippen molar-refractivity contribution in [2.75, 3.05) is 17.8 Å². The quantitative estimate of drug-likeness (QED) is 0.723. The van der Waals surface area contributed by atoms with Gasteiger partial charge in [0, 0.05) is 5.92 Å². The van der Waals surface area contributed by atoms with Gasteiger partial charge in [0.1, 0.15) is 6.04 Å². The molecule has 0 aromatic heterocycles. The summed E-state index contributed by atoms with van der Waals surface area (Å²) in [6, 6.07) is 3.14. The summed E-state index contributed by atoms with van der Waals surface area (Å²) >= 11 is 0.986. The zero-order chi connectivity index (χ0) is 19.3. The summed E-state index contributed by atoms with van der Waals surface area (Å²) in [4.78, 5) is 38.3. The second-order valence-corrected chi connectivity index (χ2v) is 7.38. The van der Waals surface area contributed by atoms with Crippen molar-refractivity contribution >= 4 is 34.4 Å². The molecule has 0 spiro atoms. The predicted molar refractivity (Wildman–Crippen MR) is 102 cm³/mol. The van der Waals surface area contributed by atoms with E-state index in [1.807, 2.05) is 32.9 Å². The monoisotopic (exact) mass is 365 g/mol. The third kappa shape index (κ3) is 5.08. The van der Waals surface area contributed by atoms with Gasteiger partial charge in [-0.3, -0.25) is 14.5 Å². The summed E-state index contributed by atoms with van der Waals surface area (Å²) < 4.78 is 4.83. The maximum Gasteiger partial charge on any atom is 0.328 e. The number of hydrogen-bond donors (Lipinski definition) is 0. The first-order valence-electron chi connectivity index (χ1n) is 8.25. The van der Waals surface area contributed by atoms with E-state index in [1.54, 1.807) is 20.8 Å². The van der Waals surface area contributed by atoms with Crippen molar-refractivity contribution in [3.63, 3.8) is 0 Å². The van der Waals surface area contributed by atoms with Crippen molar-refractivity contribution in [3.05, 3.63) is 28.8 Å². The van der Waals surface area contributed by atoms with Gasteiger partial charge in [-0.15, -0.1) is 0 Å². The highest BCUT2D eigenvalue weighted by molar-refractivity contribution is 8.14. The smallest absolute Gasteiger partial charge is 0.328 e. The van der Waals surface area contributed by atoms with Crippen LogP contribution in [0.15, 0.2) is 12.1 Å². The van der Waals surface area contributed by atoms with Crippen molar-refractivity contribution in [1.29, 1.82) is 0 Å². The summed E-state index contributed by atoms with van der Waals surface area (Å²) in [5, 5.41) is -0.0447. The van der Waals surface area contributed by atoms with E-state index < -0.39 is 12.0 Å². The molecule has 0 bridgehead atoms. The number of hydrogen-bond acceptors (Lipinski definition) is 5. The molecule has 1 aromatic carbocycles. The lowest BCUT2D eigenvalue weighted by Gasteiger charge is -2.31. The minimum atomic E-state index is -0.772. The molecule has 1 amide bonds. The topological polar surface area (TPSA) is 63.7 Å². The standard InChI is InChI=1S/C19H27NO4S/c1-11(2)19(23)25-10-16(21)20(15(6)18(22)24-7)17-13(4)9-8-12(3)14(17)5/h8-9,11,15H,10H2,1-7H3/t15-/m0/s1. The zero-order valence-electron chi connectivity index (χ0n) is 16.0. The fourth-order valence-electron chi connectivity index (χ4n) is 2.49. The van der Waals surface area contributed by atoms with E-state index in [0.29, 0.717) is 5.69 Å². The lowest BCUT2D eigenvalue weighted by Crippen LogP contribution is -2.46. The highest BCUT2D eigenvalue weighted by atomic mass is 32.2. The molecule has 0 radical (unpaired) electrons. The summed E-state index contributed by atoms with van der Waals surface area (Å²) in [6.45, 7) is 11.0. The third-order valence-electron chi connectivity index (χ3n) is 4.15. The molecule has 0 unspecified atom stereocenters. The van der Waals surface area contributed by atoms with Crippen molar-refractivity contribution in [2.45, 2.75) is 47.6 Å². The molecule has 1 atom stereocenters. The van der Waals surface area contributed by atoms with Gasteiger partial charge >= 0.3 is 5.97 Å². The highest BCUT2D eigenvalue weighted by Crippen LogP contribution is 2.30. The number of carbonyl (C=O) groups is 3. The molecule has 0 aliphatic carbocycles. The largest absolute Gasteiger partial charge is 0.467 e. The van der Waals surface area contributed by atoms with Crippen LogP contribution < -0.4 is 4.90 Å². The Balaban J connectivity index is 3.27. The molecule has 1 aromatic rings. The fourth-order valence-corrected chi connectivity index (χ4v) is 3.22. The third-order valence-corrected chi connectivity index (χ3v) is 5.30. The Morgan fingerprint density at radius 1 is 1.08 bits per heavy atom. The predicted octanol–water partition coefficient (Wildman–Crippen LogP) is 3.42. The first-order valence-corrected chi connectivity index (χ1v) is 9.23. The van der Waals surface area contributed by atoms with Crippen LogP contribution in [0.4, 0.5) is 5.69 Å². The number of anilines is 1. The molecule has 0 aliphatic rings. The normalized spacial score (nSPS) is 12.0. The van der Waals surface area contributed by atoms with Gasteiger partial charge in [0.25, 0.3) is 0 Å². The molecule has 0 saturated carbocycles. The van der Waals surface area contributed by atoms with E-state index in [0.717, 1.165) is 28.5 Å². The molecule has 0 fully saturated rings. The first-order chi connectivity index (χ1) is 11.6. The van der Waals surface area contributed by atoms with Crippen LogP contribution in [-0.2, 0) is 19.1 Å². The summed E-state index contributed by atoms with van der Waals surface area (Å²) in [5.74, 6) is -0.931. The van der Waals surface area contributed by atoms with Crippen LogP contribution in [-0.4, -0.2) is 35.9 Å². The molecule has 0 N–H and O–H groups in total. The lowest BCUT2D eigenvalue weighted by atomic mass is 10.0. The number of rotatable bonds is 6. The lowest BCUT2D eigenvalue weighted by molar-refractivity contribution is -0.142. The second kappa shape index (κ2) is 9.04. The SMILES string of the molecule is COC(=O)[C@H](C)N(C(=O)CSC(=O)C(C)C)c1c(C)ccc(C)c1C. The van der Waals surface area contributed by atoms with Crippen LogP contribution in [0.25, 0.3) is 0 Å². The van der Waals surface area contributed by atoms with E-state index in [-0.39, 0.29) is 22.7 Å². The van der Waals surface area contributed by atoms with Gasteiger partial charge in [-0.1, -0.05) is 37.7 Å². The van der Waals surface area contributed by atoms with E-state index in [9.17, 15) is 14.4 Å². The summed E-state index contributed by atoms with van der Waals surface area (Å²) in [7, 11) is 1.30. The minimum absolute atomic E-state index is 0.00876. The van der Waals surface area contributed by atoms with Gasteiger partial charge in [0.05, 0.1) is 18.6 Å². The van der Waals surface area contributed by atoms with Crippen LogP contribution in [0.3, 0.4) is 0 Å². The molecule has 1 rings (SSSR count). The van der Waals surface area contributed by atoms with E-state index in [4.69, 9.17) is 4.74 Å². The van der Waals surface area contributed by atoms with Crippen molar-refractivity contribution in [3.8, 4) is 0 Å². The molecular weight excluding hydrogens is 338 g/mol. The Bertz CT molecular complexity index is 670. The van der Waals surface area contributed by atoms with Crippen LogP contribution in [0.5, 0.6) is 0 Å². The van der Waals surface area contributed by atoms with E-state index in [2.05, 4.69) is 0 Å². The molecule has 0 saturated heterocycles. The fraction of sp³-hybridized carbons (Fsp3) is 0.526. The summed E-state index contributed by atoms with van der Waals surface area (Å²) in [6.07, 6.45) is 0. The van der Waals surface area contributed by atoms with E-state index in [1.165, 1.54) is 12.0 Å². The van der Waals surface area contributed by atoms with E-state index >= 15 is 0 Å². The number of amides is 1. The molecule has 0 heterocycles. The van der Waals surface area contributed by atoms with Gasteiger partial charge in [-0.05, 0) is 44.4 Å². The Labute approximate surface area is 154 Å². The Morgan fingerprint density at radius 2 is 1.64 bits per heavy atom.